The van der Waals surface area contributed by atoms with E-state index in [9.17, 15) is 0 Å². The Morgan fingerprint density at radius 1 is 1.17 bits per heavy atom. The summed E-state index contributed by atoms with van der Waals surface area (Å²) in [6.45, 7) is 2.36. The van der Waals surface area contributed by atoms with Crippen molar-refractivity contribution in [3.63, 3.8) is 0 Å². The van der Waals surface area contributed by atoms with Crippen LogP contribution in [0.5, 0.6) is 0 Å². The summed E-state index contributed by atoms with van der Waals surface area (Å²) in [6.07, 6.45) is 7.01. The number of hydrogen-bond donors (Lipinski definition) is 2. The Balaban J connectivity index is 1.88. The molecule has 0 aromatic carbocycles. The van der Waals surface area contributed by atoms with Crippen LogP contribution in [0.25, 0.3) is 0 Å². The standard InChI is InChI=1S/C10H20N2/c1-7-2-3-9(6-7)10(12-11)8-4-5-8/h7-10,12H,2-6,11H2,1H3. The molecule has 0 radical (unpaired) electrons. The van der Waals surface area contributed by atoms with Crippen LogP contribution < -0.4 is 11.3 Å². The van der Waals surface area contributed by atoms with E-state index >= 15 is 0 Å². The maximum Gasteiger partial charge on any atom is 0.0267 e. The molecule has 2 heteroatoms. The van der Waals surface area contributed by atoms with Gasteiger partial charge in [0, 0.05) is 6.04 Å². The number of nitrogens with two attached hydrogens (primary N) is 1. The molecule has 3 atom stereocenters. The first-order valence-electron chi connectivity index (χ1n) is 5.27. The van der Waals surface area contributed by atoms with Crippen LogP contribution in [0, 0.1) is 17.8 Å². The highest BCUT2D eigenvalue weighted by molar-refractivity contribution is 4.92. The summed E-state index contributed by atoms with van der Waals surface area (Å²) in [5.74, 6) is 8.30. The SMILES string of the molecule is CC1CCC(C(NN)C2CC2)C1. The van der Waals surface area contributed by atoms with Crippen LogP contribution in [0.4, 0.5) is 0 Å². The van der Waals surface area contributed by atoms with E-state index in [-0.39, 0.29) is 0 Å². The molecule has 3 N–H and O–H groups in total. The van der Waals surface area contributed by atoms with E-state index in [1.54, 1.807) is 0 Å². The maximum absolute atomic E-state index is 5.59. The zero-order valence-electron chi connectivity index (χ0n) is 7.92. The number of hydrazine groups is 1. The van der Waals surface area contributed by atoms with E-state index in [1.807, 2.05) is 0 Å². The normalized spacial score (nSPS) is 38.5. The lowest BCUT2D eigenvalue weighted by atomic mass is 9.94. The lowest BCUT2D eigenvalue weighted by Crippen LogP contribution is -2.41. The molecule has 0 amide bonds. The Kier molecular flexibility index (Phi) is 2.37. The Morgan fingerprint density at radius 3 is 2.25 bits per heavy atom. The molecule has 70 valence electrons. The zero-order valence-corrected chi connectivity index (χ0v) is 7.92. The van der Waals surface area contributed by atoms with Crippen LogP contribution in [0.3, 0.4) is 0 Å². The number of hydrogen-bond acceptors (Lipinski definition) is 2. The molecule has 0 spiro atoms. The van der Waals surface area contributed by atoms with Gasteiger partial charge in [0.1, 0.15) is 0 Å². The molecule has 2 fully saturated rings. The highest BCUT2D eigenvalue weighted by atomic mass is 15.2. The Bertz CT molecular complexity index is 154. The van der Waals surface area contributed by atoms with E-state index < -0.39 is 0 Å². The van der Waals surface area contributed by atoms with Crippen molar-refractivity contribution in [2.75, 3.05) is 0 Å². The van der Waals surface area contributed by atoms with E-state index in [1.165, 1.54) is 32.1 Å². The summed E-state index contributed by atoms with van der Waals surface area (Å²) in [5, 5.41) is 0. The first-order chi connectivity index (χ1) is 5.81. The largest absolute Gasteiger partial charge is 0.271 e. The molecule has 2 aliphatic rings. The van der Waals surface area contributed by atoms with E-state index in [0.29, 0.717) is 6.04 Å². The summed E-state index contributed by atoms with van der Waals surface area (Å²) in [4.78, 5) is 0. The van der Waals surface area contributed by atoms with Crippen LogP contribution in [0.2, 0.25) is 0 Å². The monoisotopic (exact) mass is 168 g/mol. The Morgan fingerprint density at radius 2 is 1.83 bits per heavy atom. The fourth-order valence-corrected chi connectivity index (χ4v) is 2.69. The third kappa shape index (κ3) is 1.64. The molecule has 2 aliphatic carbocycles. The van der Waals surface area contributed by atoms with Crippen LogP contribution in [-0.2, 0) is 0 Å². The van der Waals surface area contributed by atoms with Crippen molar-refractivity contribution in [3.8, 4) is 0 Å². The molecular weight excluding hydrogens is 148 g/mol. The van der Waals surface area contributed by atoms with Crippen molar-refractivity contribution in [3.05, 3.63) is 0 Å². The summed E-state index contributed by atoms with van der Waals surface area (Å²) in [5.41, 5.74) is 3.03. The molecule has 3 unspecified atom stereocenters. The lowest BCUT2D eigenvalue weighted by Gasteiger charge is -2.22. The van der Waals surface area contributed by atoms with Gasteiger partial charge in [-0.05, 0) is 43.4 Å². The Labute approximate surface area is 74.9 Å². The quantitative estimate of drug-likeness (QED) is 0.497. The highest BCUT2D eigenvalue weighted by Gasteiger charge is 2.38. The molecule has 0 aromatic rings. The van der Waals surface area contributed by atoms with Gasteiger partial charge < -0.3 is 0 Å². The van der Waals surface area contributed by atoms with Gasteiger partial charge >= 0.3 is 0 Å². The molecule has 2 saturated carbocycles. The van der Waals surface area contributed by atoms with E-state index in [0.717, 1.165) is 17.8 Å². The van der Waals surface area contributed by atoms with Crippen molar-refractivity contribution in [2.24, 2.45) is 23.6 Å². The smallest absolute Gasteiger partial charge is 0.0267 e. The van der Waals surface area contributed by atoms with Gasteiger partial charge in [0.15, 0.2) is 0 Å². The van der Waals surface area contributed by atoms with Crippen LogP contribution >= 0.6 is 0 Å². The van der Waals surface area contributed by atoms with Gasteiger partial charge in [-0.1, -0.05) is 13.3 Å². The second kappa shape index (κ2) is 3.35. The van der Waals surface area contributed by atoms with Gasteiger partial charge in [0.25, 0.3) is 0 Å². The summed E-state index contributed by atoms with van der Waals surface area (Å²) in [7, 11) is 0. The third-order valence-corrected chi connectivity index (χ3v) is 3.57. The van der Waals surface area contributed by atoms with E-state index in [2.05, 4.69) is 12.3 Å². The Hall–Kier alpha value is -0.0800. The average Bonchev–Trinajstić information content (AvgIpc) is 2.78. The average molecular weight is 168 g/mol. The lowest BCUT2D eigenvalue weighted by molar-refractivity contribution is 0.322. The minimum absolute atomic E-state index is 0.634. The molecule has 0 heterocycles. The molecule has 0 saturated heterocycles. The van der Waals surface area contributed by atoms with Crippen molar-refractivity contribution >= 4 is 0 Å². The number of nitrogens with one attached hydrogen (secondary N) is 1. The zero-order chi connectivity index (χ0) is 8.55. The fourth-order valence-electron chi connectivity index (χ4n) is 2.69. The second-order valence-electron chi connectivity index (χ2n) is 4.71. The summed E-state index contributed by atoms with van der Waals surface area (Å²) >= 11 is 0. The summed E-state index contributed by atoms with van der Waals surface area (Å²) in [6, 6.07) is 0.634. The third-order valence-electron chi connectivity index (χ3n) is 3.57. The minimum atomic E-state index is 0.634. The maximum atomic E-state index is 5.59. The molecule has 2 rings (SSSR count). The highest BCUT2D eigenvalue weighted by Crippen LogP contribution is 2.42. The van der Waals surface area contributed by atoms with Crippen LogP contribution in [0.15, 0.2) is 0 Å². The molecule has 0 bridgehead atoms. The van der Waals surface area contributed by atoms with Gasteiger partial charge in [-0.15, -0.1) is 0 Å². The molecule has 2 nitrogen and oxygen atoms in total. The van der Waals surface area contributed by atoms with Crippen molar-refractivity contribution in [2.45, 2.75) is 45.1 Å². The molecule has 0 aromatic heterocycles. The van der Waals surface area contributed by atoms with Gasteiger partial charge in [-0.3, -0.25) is 11.3 Å². The minimum Gasteiger partial charge on any atom is -0.271 e. The first-order valence-corrected chi connectivity index (χ1v) is 5.27. The van der Waals surface area contributed by atoms with E-state index in [4.69, 9.17) is 5.84 Å². The summed E-state index contributed by atoms with van der Waals surface area (Å²) < 4.78 is 0. The van der Waals surface area contributed by atoms with Crippen molar-refractivity contribution in [1.82, 2.24) is 5.43 Å². The van der Waals surface area contributed by atoms with Crippen LogP contribution in [-0.4, -0.2) is 6.04 Å². The fraction of sp³-hybridized carbons (Fsp3) is 1.00. The van der Waals surface area contributed by atoms with Gasteiger partial charge in [0.05, 0.1) is 0 Å². The van der Waals surface area contributed by atoms with Crippen molar-refractivity contribution in [1.29, 1.82) is 0 Å². The van der Waals surface area contributed by atoms with Crippen molar-refractivity contribution < 1.29 is 0 Å². The van der Waals surface area contributed by atoms with Gasteiger partial charge in [0.2, 0.25) is 0 Å². The first kappa shape index (κ1) is 8.52. The molecule has 12 heavy (non-hydrogen) atoms. The molecule has 0 aliphatic heterocycles. The predicted molar refractivity (Wildman–Crippen MR) is 50.3 cm³/mol. The van der Waals surface area contributed by atoms with Gasteiger partial charge in [-0.2, -0.15) is 0 Å². The predicted octanol–water partition coefficient (Wildman–Crippen LogP) is 1.66. The number of rotatable bonds is 3. The second-order valence-corrected chi connectivity index (χ2v) is 4.71. The topological polar surface area (TPSA) is 38.0 Å². The van der Waals surface area contributed by atoms with Crippen LogP contribution in [0.1, 0.15) is 39.0 Å². The van der Waals surface area contributed by atoms with Gasteiger partial charge in [-0.25, -0.2) is 0 Å². The molecular formula is C10H20N2.